The summed E-state index contributed by atoms with van der Waals surface area (Å²) in [6.45, 7) is 7.20. The molecule has 4 rings (SSSR count). The second-order valence-corrected chi connectivity index (χ2v) is 8.88. The normalized spacial score (nSPS) is 13.3. The van der Waals surface area contributed by atoms with Gasteiger partial charge in [0.15, 0.2) is 0 Å². The number of nitriles is 2. The second-order valence-electron chi connectivity index (χ2n) is 8.88. The lowest BCUT2D eigenvalue weighted by Crippen LogP contribution is -2.20. The molecule has 1 aliphatic rings. The molecule has 8 heteroatoms. The molecule has 0 aromatic carbocycles. The van der Waals surface area contributed by atoms with Crippen molar-refractivity contribution in [3.63, 3.8) is 0 Å². The summed E-state index contributed by atoms with van der Waals surface area (Å²) in [6.07, 6.45) is 7.08. The van der Waals surface area contributed by atoms with E-state index in [1.54, 1.807) is 38.4 Å². The highest BCUT2D eigenvalue weighted by Crippen LogP contribution is 2.30. The largest absolute Gasteiger partial charge is 0.356 e. The van der Waals surface area contributed by atoms with Crippen LogP contribution >= 0.6 is 0 Å². The number of nitrogens with one attached hydrogen (secondary N) is 1. The minimum atomic E-state index is -0.804. The van der Waals surface area contributed by atoms with Crippen LogP contribution in [0, 0.1) is 29.6 Å². The van der Waals surface area contributed by atoms with E-state index in [0.29, 0.717) is 28.3 Å². The molecule has 34 heavy (non-hydrogen) atoms. The fourth-order valence-corrected chi connectivity index (χ4v) is 3.94. The third kappa shape index (κ3) is 4.57. The standard InChI is InChI=1S/C26H25N7O/c1-17-22(20-10-19(13-27)24(31-14-20)33-8-4-5-9-33)12-21(15-30-17)32-25(34)18-6-7-29-23(11-18)26(2,3)16-28/h6-7,10-12,14-15H,4-5,8-9H2,1-3H3,(H,32,34). The maximum atomic E-state index is 12.9. The molecule has 4 heterocycles. The van der Waals surface area contributed by atoms with Crippen LogP contribution in [-0.4, -0.2) is 33.9 Å². The number of pyridine rings is 3. The third-order valence-electron chi connectivity index (χ3n) is 5.99. The van der Waals surface area contributed by atoms with Crippen LogP contribution in [0.2, 0.25) is 0 Å². The van der Waals surface area contributed by atoms with E-state index in [4.69, 9.17) is 0 Å². The number of amides is 1. The van der Waals surface area contributed by atoms with E-state index >= 15 is 0 Å². The van der Waals surface area contributed by atoms with Crippen LogP contribution in [0.25, 0.3) is 11.1 Å². The maximum Gasteiger partial charge on any atom is 0.255 e. The summed E-state index contributed by atoms with van der Waals surface area (Å²) in [6, 6.07) is 11.4. The average Bonchev–Trinajstić information content (AvgIpc) is 3.39. The molecule has 3 aromatic heterocycles. The Labute approximate surface area is 198 Å². The zero-order valence-electron chi connectivity index (χ0n) is 19.5. The Balaban J connectivity index is 1.61. The minimum Gasteiger partial charge on any atom is -0.356 e. The topological polar surface area (TPSA) is 119 Å². The van der Waals surface area contributed by atoms with Gasteiger partial charge < -0.3 is 10.2 Å². The highest BCUT2D eigenvalue weighted by Gasteiger charge is 2.23. The second kappa shape index (κ2) is 9.29. The van der Waals surface area contributed by atoms with E-state index in [-0.39, 0.29) is 5.91 Å². The predicted octanol–water partition coefficient (Wildman–Crippen LogP) is 4.37. The Bertz CT molecular complexity index is 1330. The molecule has 1 aliphatic heterocycles. The first-order chi connectivity index (χ1) is 16.3. The molecule has 0 atom stereocenters. The Morgan fingerprint density at radius 2 is 1.85 bits per heavy atom. The van der Waals surface area contributed by atoms with E-state index < -0.39 is 5.41 Å². The van der Waals surface area contributed by atoms with E-state index in [1.165, 1.54) is 6.20 Å². The first-order valence-corrected chi connectivity index (χ1v) is 11.1. The Hall–Kier alpha value is -4.30. The summed E-state index contributed by atoms with van der Waals surface area (Å²) in [5.74, 6) is 0.391. The first-order valence-electron chi connectivity index (χ1n) is 11.1. The first kappa shape index (κ1) is 22.9. The van der Waals surface area contributed by atoms with E-state index in [0.717, 1.165) is 42.8 Å². The van der Waals surface area contributed by atoms with Crippen molar-refractivity contribution in [1.29, 1.82) is 10.5 Å². The monoisotopic (exact) mass is 451 g/mol. The molecule has 1 saturated heterocycles. The van der Waals surface area contributed by atoms with Gasteiger partial charge in [-0.1, -0.05) is 0 Å². The summed E-state index contributed by atoms with van der Waals surface area (Å²) in [7, 11) is 0. The number of hydrogen-bond donors (Lipinski definition) is 1. The van der Waals surface area contributed by atoms with Crippen LogP contribution in [0.3, 0.4) is 0 Å². The van der Waals surface area contributed by atoms with Gasteiger partial charge in [-0.15, -0.1) is 0 Å². The zero-order valence-corrected chi connectivity index (χ0v) is 19.5. The molecule has 3 aromatic rings. The van der Waals surface area contributed by atoms with E-state index in [1.807, 2.05) is 19.1 Å². The number of carbonyl (C=O) groups excluding carboxylic acids is 1. The van der Waals surface area contributed by atoms with Crippen molar-refractivity contribution >= 4 is 17.4 Å². The number of hydrogen-bond acceptors (Lipinski definition) is 7. The van der Waals surface area contributed by atoms with Crippen molar-refractivity contribution in [3.05, 3.63) is 65.4 Å². The molecular weight excluding hydrogens is 426 g/mol. The van der Waals surface area contributed by atoms with Crippen molar-refractivity contribution < 1.29 is 4.79 Å². The third-order valence-corrected chi connectivity index (χ3v) is 5.99. The lowest BCUT2D eigenvalue weighted by atomic mass is 9.90. The molecular formula is C26H25N7O. The van der Waals surface area contributed by atoms with Crippen molar-refractivity contribution in [2.45, 2.75) is 39.0 Å². The van der Waals surface area contributed by atoms with Gasteiger partial charge in [0.2, 0.25) is 0 Å². The van der Waals surface area contributed by atoms with Crippen LogP contribution in [0.4, 0.5) is 11.5 Å². The van der Waals surface area contributed by atoms with Crippen molar-refractivity contribution in [1.82, 2.24) is 15.0 Å². The lowest BCUT2D eigenvalue weighted by molar-refractivity contribution is 0.102. The number of carbonyl (C=O) groups is 1. The molecule has 0 unspecified atom stereocenters. The van der Waals surface area contributed by atoms with Gasteiger partial charge in [-0.25, -0.2) is 4.98 Å². The van der Waals surface area contributed by atoms with Crippen molar-refractivity contribution in [3.8, 4) is 23.3 Å². The van der Waals surface area contributed by atoms with Gasteiger partial charge in [0.1, 0.15) is 11.9 Å². The molecule has 0 spiro atoms. The van der Waals surface area contributed by atoms with Crippen LogP contribution < -0.4 is 10.2 Å². The molecule has 0 radical (unpaired) electrons. The Kier molecular flexibility index (Phi) is 6.25. The Morgan fingerprint density at radius 1 is 1.09 bits per heavy atom. The fourth-order valence-electron chi connectivity index (χ4n) is 3.94. The molecule has 170 valence electrons. The molecule has 0 saturated carbocycles. The fraction of sp³-hybridized carbons (Fsp3) is 0.308. The summed E-state index contributed by atoms with van der Waals surface area (Å²) in [4.78, 5) is 28.3. The van der Waals surface area contributed by atoms with Crippen molar-refractivity contribution in [2.75, 3.05) is 23.3 Å². The van der Waals surface area contributed by atoms with Gasteiger partial charge in [-0.3, -0.25) is 14.8 Å². The number of aromatic nitrogens is 3. The Morgan fingerprint density at radius 3 is 2.56 bits per heavy atom. The van der Waals surface area contributed by atoms with E-state index in [2.05, 4.69) is 37.3 Å². The highest BCUT2D eigenvalue weighted by atomic mass is 16.1. The summed E-state index contributed by atoms with van der Waals surface area (Å²) in [5, 5.41) is 21.9. The van der Waals surface area contributed by atoms with Crippen LogP contribution in [0.1, 0.15) is 54.0 Å². The minimum absolute atomic E-state index is 0.325. The van der Waals surface area contributed by atoms with Gasteiger partial charge >= 0.3 is 0 Å². The van der Waals surface area contributed by atoms with Crippen LogP contribution in [0.5, 0.6) is 0 Å². The number of rotatable bonds is 5. The summed E-state index contributed by atoms with van der Waals surface area (Å²) in [5.41, 5.74) is 3.49. The predicted molar refractivity (Wildman–Crippen MR) is 129 cm³/mol. The molecule has 1 N–H and O–H groups in total. The zero-order chi connectivity index (χ0) is 24.3. The van der Waals surface area contributed by atoms with Crippen LogP contribution in [0.15, 0.2) is 42.9 Å². The quantitative estimate of drug-likeness (QED) is 0.612. The molecule has 1 fully saturated rings. The summed E-state index contributed by atoms with van der Waals surface area (Å²) < 4.78 is 0. The average molecular weight is 452 g/mol. The molecule has 0 bridgehead atoms. The van der Waals surface area contributed by atoms with Crippen molar-refractivity contribution in [2.24, 2.45) is 0 Å². The highest BCUT2D eigenvalue weighted by molar-refractivity contribution is 6.04. The maximum absolute atomic E-state index is 12.9. The van der Waals surface area contributed by atoms with Crippen LogP contribution in [-0.2, 0) is 5.41 Å². The van der Waals surface area contributed by atoms with Gasteiger partial charge in [0.05, 0.1) is 34.6 Å². The van der Waals surface area contributed by atoms with Gasteiger partial charge in [0, 0.05) is 47.9 Å². The molecule has 1 amide bonds. The SMILES string of the molecule is Cc1ncc(NC(=O)c2ccnc(C(C)(C)C#N)c2)cc1-c1cnc(N2CCCC2)c(C#N)c1. The number of nitrogens with zero attached hydrogens (tertiary/aromatic N) is 6. The van der Waals surface area contributed by atoms with E-state index in [9.17, 15) is 15.3 Å². The van der Waals surface area contributed by atoms with Gasteiger partial charge in [-0.05, 0) is 57.9 Å². The lowest BCUT2D eigenvalue weighted by Gasteiger charge is -2.18. The van der Waals surface area contributed by atoms with Gasteiger partial charge in [0.25, 0.3) is 5.91 Å². The van der Waals surface area contributed by atoms with Gasteiger partial charge in [-0.2, -0.15) is 10.5 Å². The number of anilines is 2. The smallest absolute Gasteiger partial charge is 0.255 e. The molecule has 8 nitrogen and oxygen atoms in total. The number of aryl methyl sites for hydroxylation is 1. The summed E-state index contributed by atoms with van der Waals surface area (Å²) >= 11 is 0. The molecule has 0 aliphatic carbocycles.